The van der Waals surface area contributed by atoms with Crippen molar-refractivity contribution in [2.75, 3.05) is 13.7 Å². The van der Waals surface area contributed by atoms with E-state index in [4.69, 9.17) is 14.2 Å². The van der Waals surface area contributed by atoms with Crippen LogP contribution in [0.1, 0.15) is 104 Å². The molecule has 0 aromatic rings. The molecular formula is C31H46O3. The number of ether oxygens (including phenoxy) is 3. The normalized spacial score (nSPS) is 43.7. The third-order valence-electron chi connectivity index (χ3n) is 11.1. The summed E-state index contributed by atoms with van der Waals surface area (Å²) in [6.07, 6.45) is 22.8. The van der Waals surface area contributed by atoms with Crippen LogP contribution in [0, 0.1) is 28.6 Å². The summed E-state index contributed by atoms with van der Waals surface area (Å²) in [5.74, 6) is 4.90. The lowest BCUT2D eigenvalue weighted by Gasteiger charge is -2.59. The zero-order valence-corrected chi connectivity index (χ0v) is 21.9. The summed E-state index contributed by atoms with van der Waals surface area (Å²) in [6, 6.07) is 0. The van der Waals surface area contributed by atoms with Crippen LogP contribution in [0.25, 0.3) is 0 Å². The van der Waals surface area contributed by atoms with Gasteiger partial charge in [0.1, 0.15) is 12.2 Å². The number of hydrogen-bond donors (Lipinski definition) is 0. The Kier molecular flexibility index (Phi) is 6.15. The summed E-state index contributed by atoms with van der Waals surface area (Å²) in [7, 11) is 1.93. The van der Waals surface area contributed by atoms with Crippen LogP contribution in [0.5, 0.6) is 0 Å². The summed E-state index contributed by atoms with van der Waals surface area (Å²) < 4.78 is 19.3. The molecule has 0 saturated heterocycles. The van der Waals surface area contributed by atoms with E-state index in [-0.39, 0.29) is 5.41 Å². The molecule has 6 rings (SSSR count). The van der Waals surface area contributed by atoms with Crippen molar-refractivity contribution in [1.29, 1.82) is 0 Å². The summed E-state index contributed by atoms with van der Waals surface area (Å²) in [6.45, 7) is 5.93. The van der Waals surface area contributed by atoms with E-state index in [1.807, 2.05) is 7.11 Å². The molecule has 0 N–H and O–H groups in total. The predicted molar refractivity (Wildman–Crippen MR) is 136 cm³/mol. The minimum absolute atomic E-state index is 0.236. The van der Waals surface area contributed by atoms with Crippen molar-refractivity contribution in [1.82, 2.24) is 0 Å². The van der Waals surface area contributed by atoms with Crippen molar-refractivity contribution >= 4 is 0 Å². The van der Waals surface area contributed by atoms with E-state index in [1.54, 1.807) is 11.1 Å². The Morgan fingerprint density at radius 1 is 0.882 bits per heavy atom. The summed E-state index contributed by atoms with van der Waals surface area (Å²) in [4.78, 5) is 0. The second kappa shape index (κ2) is 9.02. The molecule has 0 heterocycles. The lowest BCUT2D eigenvalue weighted by Crippen LogP contribution is -2.54. The van der Waals surface area contributed by atoms with Crippen molar-refractivity contribution in [3.63, 3.8) is 0 Å². The van der Waals surface area contributed by atoms with E-state index >= 15 is 0 Å². The van der Waals surface area contributed by atoms with Gasteiger partial charge in [0, 0.05) is 37.2 Å². The fourth-order valence-corrected chi connectivity index (χ4v) is 9.51. The monoisotopic (exact) mass is 466 g/mol. The largest absolute Gasteiger partial charge is 0.495 e. The predicted octanol–water partition coefficient (Wildman–Crippen LogP) is 7.87. The SMILES string of the molecule is COC[C@]12CCC(OC3=CCCC3)CC1=C(C)C[C@@H]1[C@H]2CC[C@]2(C)C(OC3=CCCC3)CC[C@@H]12. The minimum Gasteiger partial charge on any atom is -0.495 e. The zero-order chi connectivity index (χ0) is 23.3. The molecule has 0 amide bonds. The van der Waals surface area contributed by atoms with Gasteiger partial charge in [0.2, 0.25) is 0 Å². The van der Waals surface area contributed by atoms with E-state index in [9.17, 15) is 0 Å². The molecule has 7 atom stereocenters. The topological polar surface area (TPSA) is 27.7 Å². The third kappa shape index (κ3) is 3.71. The molecule has 188 valence electrons. The molecule has 0 aliphatic heterocycles. The molecule has 3 saturated carbocycles. The molecule has 0 aromatic carbocycles. The lowest BCUT2D eigenvalue weighted by molar-refractivity contribution is -0.102. The average Bonchev–Trinajstić information content (AvgIpc) is 3.58. The van der Waals surface area contributed by atoms with E-state index in [0.717, 1.165) is 43.6 Å². The molecule has 3 heteroatoms. The van der Waals surface area contributed by atoms with Gasteiger partial charge >= 0.3 is 0 Å². The van der Waals surface area contributed by atoms with E-state index in [1.165, 1.54) is 82.1 Å². The Balaban J connectivity index is 1.25. The van der Waals surface area contributed by atoms with Crippen LogP contribution < -0.4 is 0 Å². The number of hydrogen-bond acceptors (Lipinski definition) is 3. The quantitative estimate of drug-likeness (QED) is 0.373. The van der Waals surface area contributed by atoms with Crippen LogP contribution in [0.2, 0.25) is 0 Å². The average molecular weight is 467 g/mol. The molecule has 3 fully saturated rings. The first-order valence-corrected chi connectivity index (χ1v) is 14.4. The van der Waals surface area contributed by atoms with Crippen molar-refractivity contribution in [3.8, 4) is 0 Å². The van der Waals surface area contributed by atoms with Gasteiger partial charge in [-0.15, -0.1) is 0 Å². The highest BCUT2D eigenvalue weighted by atomic mass is 16.5. The molecular weight excluding hydrogens is 420 g/mol. The smallest absolute Gasteiger partial charge is 0.104 e. The van der Waals surface area contributed by atoms with Crippen LogP contribution in [-0.4, -0.2) is 25.9 Å². The van der Waals surface area contributed by atoms with E-state index in [0.29, 0.717) is 17.6 Å². The van der Waals surface area contributed by atoms with Crippen LogP contribution in [0.3, 0.4) is 0 Å². The molecule has 0 aromatic heterocycles. The summed E-state index contributed by atoms with van der Waals surface area (Å²) >= 11 is 0. The van der Waals surface area contributed by atoms with E-state index < -0.39 is 0 Å². The Morgan fingerprint density at radius 3 is 2.35 bits per heavy atom. The number of methoxy groups -OCH3 is 1. The maximum absolute atomic E-state index is 6.71. The van der Waals surface area contributed by atoms with E-state index in [2.05, 4.69) is 26.0 Å². The molecule has 3 nitrogen and oxygen atoms in total. The van der Waals surface area contributed by atoms with Gasteiger partial charge < -0.3 is 14.2 Å². The van der Waals surface area contributed by atoms with Gasteiger partial charge in [0.25, 0.3) is 0 Å². The molecule has 0 radical (unpaired) electrons. The minimum atomic E-state index is 0.236. The van der Waals surface area contributed by atoms with Gasteiger partial charge in [0.05, 0.1) is 18.1 Å². The highest BCUT2D eigenvalue weighted by molar-refractivity contribution is 5.32. The fourth-order valence-electron chi connectivity index (χ4n) is 9.51. The standard InChI is InChI=1S/C31H46O3/c1-21-18-25-26-12-13-29(34-23-10-6-7-11-23)30(26,2)16-15-27(25)31(20-32-3)17-14-24(19-28(21)31)33-22-8-4-5-9-22/h8,10,24-27,29H,4-7,9,11-20H2,1-3H3/t24?,25-,26-,27+,29?,30-,31-/m0/s1. The van der Waals surface area contributed by atoms with Crippen molar-refractivity contribution < 1.29 is 14.2 Å². The number of rotatable bonds is 6. The first-order valence-electron chi connectivity index (χ1n) is 14.4. The van der Waals surface area contributed by atoms with Crippen molar-refractivity contribution in [3.05, 3.63) is 34.8 Å². The first-order chi connectivity index (χ1) is 16.5. The molecule has 0 spiro atoms. The second-order valence-electron chi connectivity index (χ2n) is 12.8. The molecule has 6 aliphatic carbocycles. The van der Waals surface area contributed by atoms with Gasteiger partial charge in [-0.05, 0) is 107 Å². The Labute approximate surface area is 207 Å². The highest BCUT2D eigenvalue weighted by Gasteiger charge is 2.61. The van der Waals surface area contributed by atoms with Crippen molar-refractivity contribution in [2.45, 2.75) is 116 Å². The molecule has 2 unspecified atom stereocenters. The van der Waals surface area contributed by atoms with Gasteiger partial charge in [-0.2, -0.15) is 0 Å². The van der Waals surface area contributed by atoms with Crippen molar-refractivity contribution in [2.24, 2.45) is 28.6 Å². The van der Waals surface area contributed by atoms with Gasteiger partial charge in [0.15, 0.2) is 0 Å². The van der Waals surface area contributed by atoms with Gasteiger partial charge in [-0.1, -0.05) is 18.1 Å². The Hall–Kier alpha value is -1.22. The molecule has 34 heavy (non-hydrogen) atoms. The van der Waals surface area contributed by atoms with Crippen LogP contribution in [-0.2, 0) is 14.2 Å². The fraction of sp³-hybridized carbons (Fsp3) is 0.806. The Morgan fingerprint density at radius 2 is 1.65 bits per heavy atom. The molecule has 0 bridgehead atoms. The molecule has 6 aliphatic rings. The van der Waals surface area contributed by atoms with Crippen LogP contribution in [0.4, 0.5) is 0 Å². The van der Waals surface area contributed by atoms with Crippen LogP contribution in [0.15, 0.2) is 34.8 Å². The first kappa shape index (κ1) is 23.2. The maximum Gasteiger partial charge on any atom is 0.104 e. The second-order valence-corrected chi connectivity index (χ2v) is 12.8. The summed E-state index contributed by atoms with van der Waals surface area (Å²) in [5, 5.41) is 0. The van der Waals surface area contributed by atoms with Gasteiger partial charge in [-0.25, -0.2) is 0 Å². The lowest BCUT2D eigenvalue weighted by atomic mass is 9.46. The Bertz CT molecular complexity index is 883. The van der Waals surface area contributed by atoms with Crippen LogP contribution >= 0.6 is 0 Å². The zero-order valence-electron chi connectivity index (χ0n) is 21.9. The highest BCUT2D eigenvalue weighted by Crippen LogP contribution is 2.66. The number of fused-ring (bicyclic) bond motifs is 5. The summed E-state index contributed by atoms with van der Waals surface area (Å²) in [5.41, 5.74) is 3.96. The third-order valence-corrected chi connectivity index (χ3v) is 11.1. The van der Waals surface area contributed by atoms with Gasteiger partial charge in [-0.3, -0.25) is 0 Å². The maximum atomic E-state index is 6.71. The number of allylic oxidation sites excluding steroid dienone is 5.